The van der Waals surface area contributed by atoms with Crippen molar-refractivity contribution >= 4 is 28.4 Å². The monoisotopic (exact) mass is 376 g/mol. The maximum absolute atomic E-state index is 12.9. The van der Waals surface area contributed by atoms with E-state index in [0.29, 0.717) is 24.6 Å². The SMILES string of the molecule is CCOC(=O)c1ccc(C)c(S(=O)(=O)N2CCC(CNC)C2)c1.Cl. The van der Waals surface area contributed by atoms with Gasteiger partial charge in [0.1, 0.15) is 0 Å². The summed E-state index contributed by atoms with van der Waals surface area (Å²) in [5.41, 5.74) is 0.900. The number of hydrogen-bond acceptors (Lipinski definition) is 5. The molecular formula is C16H25ClN2O4S. The zero-order chi connectivity index (χ0) is 17.0. The van der Waals surface area contributed by atoms with Gasteiger partial charge in [0.2, 0.25) is 10.0 Å². The molecule has 1 saturated heterocycles. The molecule has 1 aromatic rings. The number of hydrogen-bond donors (Lipinski definition) is 1. The smallest absolute Gasteiger partial charge is 0.338 e. The Morgan fingerprint density at radius 3 is 2.75 bits per heavy atom. The number of sulfonamides is 1. The van der Waals surface area contributed by atoms with E-state index in [9.17, 15) is 13.2 Å². The van der Waals surface area contributed by atoms with Crippen LogP contribution in [-0.4, -0.2) is 52.0 Å². The molecule has 0 spiro atoms. The minimum atomic E-state index is -3.59. The predicted molar refractivity (Wildman–Crippen MR) is 95.2 cm³/mol. The second-order valence-corrected chi connectivity index (χ2v) is 7.68. The molecule has 24 heavy (non-hydrogen) atoms. The van der Waals surface area contributed by atoms with E-state index in [-0.39, 0.29) is 29.5 Å². The van der Waals surface area contributed by atoms with Gasteiger partial charge >= 0.3 is 5.97 Å². The van der Waals surface area contributed by atoms with Gasteiger partial charge in [-0.2, -0.15) is 4.31 Å². The van der Waals surface area contributed by atoms with E-state index in [1.54, 1.807) is 26.0 Å². The predicted octanol–water partition coefficient (Wildman–Crippen LogP) is 1.82. The minimum absolute atomic E-state index is 0. The molecule has 1 aliphatic rings. The molecule has 8 heteroatoms. The molecule has 2 rings (SSSR count). The normalized spacial score (nSPS) is 18.2. The lowest BCUT2D eigenvalue weighted by Crippen LogP contribution is -2.31. The summed E-state index contributed by atoms with van der Waals surface area (Å²) in [5, 5.41) is 3.09. The van der Waals surface area contributed by atoms with Crippen LogP contribution in [0, 0.1) is 12.8 Å². The van der Waals surface area contributed by atoms with Crippen molar-refractivity contribution in [1.82, 2.24) is 9.62 Å². The number of rotatable bonds is 6. The number of carbonyl (C=O) groups excluding carboxylic acids is 1. The third-order valence-electron chi connectivity index (χ3n) is 4.06. The number of esters is 1. The first kappa shape index (κ1) is 20.9. The Morgan fingerprint density at radius 1 is 1.42 bits per heavy atom. The van der Waals surface area contributed by atoms with Gasteiger partial charge in [0.15, 0.2) is 0 Å². The van der Waals surface area contributed by atoms with Gasteiger partial charge in [-0.25, -0.2) is 13.2 Å². The van der Waals surface area contributed by atoms with Crippen LogP contribution >= 0.6 is 12.4 Å². The highest BCUT2D eigenvalue weighted by Crippen LogP contribution is 2.27. The molecule has 6 nitrogen and oxygen atoms in total. The van der Waals surface area contributed by atoms with Gasteiger partial charge < -0.3 is 10.1 Å². The average molecular weight is 377 g/mol. The molecule has 1 unspecified atom stereocenters. The molecule has 1 N–H and O–H groups in total. The van der Waals surface area contributed by atoms with Crippen molar-refractivity contribution in [2.75, 3.05) is 33.3 Å². The van der Waals surface area contributed by atoms with Crippen LogP contribution in [0.4, 0.5) is 0 Å². The summed E-state index contributed by atoms with van der Waals surface area (Å²) >= 11 is 0. The summed E-state index contributed by atoms with van der Waals surface area (Å²) in [7, 11) is -1.73. The van der Waals surface area contributed by atoms with Gasteiger partial charge in [-0.3, -0.25) is 0 Å². The van der Waals surface area contributed by atoms with E-state index >= 15 is 0 Å². The lowest BCUT2D eigenvalue weighted by atomic mass is 10.1. The van der Waals surface area contributed by atoms with Gasteiger partial charge in [0, 0.05) is 13.1 Å². The Bertz CT molecular complexity index is 679. The highest BCUT2D eigenvalue weighted by atomic mass is 35.5. The summed E-state index contributed by atoms with van der Waals surface area (Å²) in [6.45, 7) is 5.53. The molecule has 1 fully saturated rings. The lowest BCUT2D eigenvalue weighted by Gasteiger charge is -2.18. The van der Waals surface area contributed by atoms with Crippen LogP contribution in [-0.2, 0) is 14.8 Å². The fraction of sp³-hybridized carbons (Fsp3) is 0.562. The van der Waals surface area contributed by atoms with Crippen molar-refractivity contribution < 1.29 is 17.9 Å². The van der Waals surface area contributed by atoms with Gasteiger partial charge in [0.25, 0.3) is 0 Å². The average Bonchev–Trinajstić information content (AvgIpc) is 2.97. The highest BCUT2D eigenvalue weighted by Gasteiger charge is 2.33. The number of halogens is 1. The fourth-order valence-corrected chi connectivity index (χ4v) is 4.61. The fourth-order valence-electron chi connectivity index (χ4n) is 2.83. The van der Waals surface area contributed by atoms with Crippen LogP contribution < -0.4 is 5.32 Å². The molecular weight excluding hydrogens is 352 g/mol. The van der Waals surface area contributed by atoms with Gasteiger partial charge in [-0.1, -0.05) is 6.07 Å². The number of ether oxygens (including phenoxy) is 1. The molecule has 0 saturated carbocycles. The Hall–Kier alpha value is -1.15. The molecule has 1 aromatic carbocycles. The molecule has 1 atom stereocenters. The van der Waals surface area contributed by atoms with E-state index in [4.69, 9.17) is 4.74 Å². The summed E-state index contributed by atoms with van der Waals surface area (Å²) in [5.74, 6) is -0.179. The minimum Gasteiger partial charge on any atom is -0.462 e. The second kappa shape index (κ2) is 8.80. The molecule has 1 aliphatic heterocycles. The summed E-state index contributed by atoms with van der Waals surface area (Å²) in [4.78, 5) is 12.0. The number of nitrogens with zero attached hydrogens (tertiary/aromatic N) is 1. The zero-order valence-corrected chi connectivity index (χ0v) is 15.9. The largest absolute Gasteiger partial charge is 0.462 e. The maximum atomic E-state index is 12.9. The van der Waals surface area contributed by atoms with Crippen LogP contribution in [0.2, 0.25) is 0 Å². The molecule has 1 heterocycles. The van der Waals surface area contributed by atoms with Crippen molar-refractivity contribution in [1.29, 1.82) is 0 Å². The van der Waals surface area contributed by atoms with E-state index in [1.165, 1.54) is 10.4 Å². The van der Waals surface area contributed by atoms with Crippen molar-refractivity contribution in [3.63, 3.8) is 0 Å². The van der Waals surface area contributed by atoms with E-state index < -0.39 is 16.0 Å². The molecule has 0 amide bonds. The van der Waals surface area contributed by atoms with Crippen molar-refractivity contribution in [3.8, 4) is 0 Å². The standard InChI is InChI=1S/C16H24N2O4S.ClH/c1-4-22-16(19)14-6-5-12(2)15(9-14)23(20,21)18-8-7-13(11-18)10-17-3;/h5-6,9,13,17H,4,7-8,10-11H2,1-3H3;1H. The lowest BCUT2D eigenvalue weighted by molar-refractivity contribution is 0.0526. The van der Waals surface area contributed by atoms with E-state index in [2.05, 4.69) is 5.32 Å². The summed E-state index contributed by atoms with van der Waals surface area (Å²) in [6.07, 6.45) is 0.844. The molecule has 0 aliphatic carbocycles. The second-order valence-electron chi connectivity index (χ2n) is 5.78. The Morgan fingerprint density at radius 2 is 2.12 bits per heavy atom. The zero-order valence-electron chi connectivity index (χ0n) is 14.2. The first-order valence-electron chi connectivity index (χ1n) is 7.82. The number of carbonyl (C=O) groups is 1. The van der Waals surface area contributed by atoms with E-state index in [1.807, 2.05) is 7.05 Å². The quantitative estimate of drug-likeness (QED) is 0.766. The molecule has 0 radical (unpaired) electrons. The van der Waals surface area contributed by atoms with Crippen LogP contribution in [0.5, 0.6) is 0 Å². The Labute approximate surface area is 150 Å². The number of aryl methyl sites for hydroxylation is 1. The molecule has 136 valence electrons. The van der Waals surface area contributed by atoms with Crippen LogP contribution in [0.25, 0.3) is 0 Å². The third kappa shape index (κ3) is 4.47. The Kier molecular flexibility index (Phi) is 7.66. The van der Waals surface area contributed by atoms with E-state index in [0.717, 1.165) is 13.0 Å². The third-order valence-corrected chi connectivity index (χ3v) is 6.07. The first-order valence-corrected chi connectivity index (χ1v) is 9.26. The van der Waals surface area contributed by atoms with Crippen molar-refractivity contribution in [3.05, 3.63) is 29.3 Å². The molecule has 0 aromatic heterocycles. The van der Waals surface area contributed by atoms with Gasteiger partial charge in [-0.05, 0) is 57.5 Å². The highest BCUT2D eigenvalue weighted by molar-refractivity contribution is 7.89. The van der Waals surface area contributed by atoms with Crippen LogP contribution in [0.1, 0.15) is 29.3 Å². The van der Waals surface area contributed by atoms with Gasteiger partial charge in [-0.15, -0.1) is 12.4 Å². The molecule has 0 bridgehead atoms. The van der Waals surface area contributed by atoms with Crippen molar-refractivity contribution in [2.24, 2.45) is 5.92 Å². The number of benzene rings is 1. The van der Waals surface area contributed by atoms with Gasteiger partial charge in [0.05, 0.1) is 17.1 Å². The maximum Gasteiger partial charge on any atom is 0.338 e. The first-order chi connectivity index (χ1) is 10.9. The van der Waals surface area contributed by atoms with Crippen LogP contribution in [0.15, 0.2) is 23.1 Å². The Balaban J connectivity index is 0.00000288. The topological polar surface area (TPSA) is 75.7 Å². The summed E-state index contributed by atoms with van der Waals surface area (Å²) in [6, 6.07) is 4.68. The number of nitrogens with one attached hydrogen (secondary N) is 1. The van der Waals surface area contributed by atoms with Crippen molar-refractivity contribution in [2.45, 2.75) is 25.2 Å². The summed E-state index contributed by atoms with van der Waals surface area (Å²) < 4.78 is 32.2. The van der Waals surface area contributed by atoms with Crippen LogP contribution in [0.3, 0.4) is 0 Å².